The van der Waals surface area contributed by atoms with E-state index in [2.05, 4.69) is 37.8 Å². The van der Waals surface area contributed by atoms with Gasteiger partial charge >= 0.3 is 0 Å². The molecule has 11 heteroatoms. The number of aromatic nitrogens is 4. The molecule has 0 radical (unpaired) electrons. The van der Waals surface area contributed by atoms with E-state index in [1.807, 2.05) is 26.1 Å². The van der Waals surface area contributed by atoms with Crippen molar-refractivity contribution in [3.05, 3.63) is 30.4 Å². The maximum atomic E-state index is 10.7. The molecule has 2 aliphatic carbocycles. The van der Waals surface area contributed by atoms with E-state index in [9.17, 15) is 13.9 Å². The molecule has 0 spiro atoms. The van der Waals surface area contributed by atoms with Crippen LogP contribution < -0.4 is 16.0 Å². The van der Waals surface area contributed by atoms with Gasteiger partial charge in [0.25, 0.3) is 0 Å². The van der Waals surface area contributed by atoms with Crippen LogP contribution in [-0.2, 0) is 4.79 Å². The Labute approximate surface area is 237 Å². The van der Waals surface area contributed by atoms with Crippen molar-refractivity contribution >= 4 is 29.5 Å². The van der Waals surface area contributed by atoms with E-state index in [1.165, 1.54) is 32.1 Å². The number of terminal acetylenes is 1. The normalized spacial score (nSPS) is 19.1. The zero-order valence-corrected chi connectivity index (χ0v) is 24.2. The molecule has 0 unspecified atom stereocenters. The van der Waals surface area contributed by atoms with Gasteiger partial charge < -0.3 is 21.1 Å². The van der Waals surface area contributed by atoms with Crippen LogP contribution in [-0.4, -0.2) is 56.9 Å². The molecule has 4 rings (SSSR count). The number of nitrogens with zero attached hydrogens (tertiary/aromatic N) is 4. The molecule has 1 amide bonds. The van der Waals surface area contributed by atoms with Gasteiger partial charge in [0, 0.05) is 24.8 Å². The smallest absolute Gasteiger partial charge is 0.224 e. The number of carbonyl (C=O) groups is 1. The van der Waals surface area contributed by atoms with E-state index < -0.39 is 6.67 Å². The minimum absolute atomic E-state index is 0.181. The van der Waals surface area contributed by atoms with E-state index in [4.69, 9.17) is 14.8 Å². The monoisotopic (exact) mass is 561 g/mol. The van der Waals surface area contributed by atoms with Crippen molar-refractivity contribution in [2.24, 2.45) is 0 Å². The lowest BCUT2D eigenvalue weighted by Crippen LogP contribution is -2.24. The number of hydrogen-bond donors (Lipinski definition) is 4. The number of fused-ring (bicyclic) bond motifs is 1. The fourth-order valence-corrected chi connectivity index (χ4v) is 4.42. The number of imidazole rings is 1. The first kappa shape index (κ1) is 34.5. The van der Waals surface area contributed by atoms with E-state index in [0.29, 0.717) is 18.4 Å². The SMILES string of the molecule is C#CC.C/C=C(\C)Nc1nc2cnc(NC3CCCCC3)nc2n1C1CCC(O)CC1.CNC=O.F/C=C/CF. The number of amides is 1. The van der Waals surface area contributed by atoms with Gasteiger partial charge in [0.05, 0.1) is 18.6 Å². The van der Waals surface area contributed by atoms with Crippen LogP contribution in [0.5, 0.6) is 0 Å². The lowest BCUT2D eigenvalue weighted by atomic mass is 9.93. The second-order valence-electron chi connectivity index (χ2n) is 9.46. The minimum atomic E-state index is -0.712. The Bertz CT molecular complexity index is 1080. The Balaban J connectivity index is 0.000000567. The highest BCUT2D eigenvalue weighted by Crippen LogP contribution is 2.34. The lowest BCUT2D eigenvalue weighted by Gasteiger charge is -2.28. The summed E-state index contributed by atoms with van der Waals surface area (Å²) in [4.78, 5) is 23.2. The van der Waals surface area contributed by atoms with Gasteiger partial charge in [0.1, 0.15) is 12.2 Å². The number of rotatable bonds is 7. The van der Waals surface area contributed by atoms with Gasteiger partial charge in [0.2, 0.25) is 18.3 Å². The van der Waals surface area contributed by atoms with E-state index in [-0.39, 0.29) is 18.5 Å². The van der Waals surface area contributed by atoms with Crippen molar-refractivity contribution in [1.82, 2.24) is 24.8 Å². The Hall–Kier alpha value is -3.52. The molecule has 2 fully saturated rings. The van der Waals surface area contributed by atoms with E-state index in [0.717, 1.165) is 54.6 Å². The van der Waals surface area contributed by atoms with Gasteiger partial charge in [-0.1, -0.05) is 25.3 Å². The summed E-state index contributed by atoms with van der Waals surface area (Å²) >= 11 is 0. The Morgan fingerprint density at radius 3 is 2.33 bits per heavy atom. The zero-order valence-electron chi connectivity index (χ0n) is 24.2. The molecule has 0 aliphatic heterocycles. The molecule has 0 aromatic carbocycles. The molecular formula is C29H45F2N7O2. The van der Waals surface area contributed by atoms with Crippen LogP contribution in [0.25, 0.3) is 11.2 Å². The summed E-state index contributed by atoms with van der Waals surface area (Å²) in [6.45, 7) is 4.99. The molecule has 2 aromatic rings. The Kier molecular flexibility index (Phi) is 17.6. The molecule has 2 aliphatic rings. The number of aliphatic hydroxyl groups is 1. The quantitative estimate of drug-likeness (QED) is 0.248. The maximum absolute atomic E-state index is 10.7. The van der Waals surface area contributed by atoms with Crippen molar-refractivity contribution in [3.63, 3.8) is 0 Å². The van der Waals surface area contributed by atoms with Crippen LogP contribution in [0, 0.1) is 12.3 Å². The molecule has 0 bridgehead atoms. The maximum Gasteiger partial charge on any atom is 0.224 e. The molecule has 0 saturated heterocycles. The van der Waals surface area contributed by atoms with Gasteiger partial charge in [-0.25, -0.2) is 18.7 Å². The highest BCUT2D eigenvalue weighted by atomic mass is 19.1. The van der Waals surface area contributed by atoms with Gasteiger partial charge in [-0.2, -0.15) is 4.98 Å². The molecule has 2 saturated carbocycles. The van der Waals surface area contributed by atoms with Crippen LogP contribution in [0.1, 0.15) is 84.6 Å². The van der Waals surface area contributed by atoms with Crippen molar-refractivity contribution in [2.45, 2.75) is 96.7 Å². The second-order valence-corrected chi connectivity index (χ2v) is 9.46. The second kappa shape index (κ2) is 20.4. The van der Waals surface area contributed by atoms with Crippen LogP contribution in [0.4, 0.5) is 20.7 Å². The summed E-state index contributed by atoms with van der Waals surface area (Å²) in [5.74, 6) is 3.77. The van der Waals surface area contributed by atoms with Crippen molar-refractivity contribution < 1.29 is 18.7 Å². The van der Waals surface area contributed by atoms with Crippen molar-refractivity contribution in [2.75, 3.05) is 24.4 Å². The highest BCUT2D eigenvalue weighted by Gasteiger charge is 2.26. The number of allylic oxidation sites excluding steroid dienone is 3. The standard InChI is InChI=1S/C21H32N6O.C3H4F2.C3H4.C2H5NO/c1-3-14(2)23-21-25-18-13-22-20(24-15-7-5-4-6-8-15)26-19(18)27(21)16-9-11-17(28)12-10-16;4-2-1-3-5;1-3-2;1-3-2-4/h3,13,15-17,28H,4-12H2,1-2H3,(H,23,25)(H,22,24,26);1-2H,3H2;1H,2H3;2H,1H3,(H,3,4)/b14-3+;2-1+;;. The average Bonchev–Trinajstić information content (AvgIpc) is 3.32. The minimum Gasteiger partial charge on any atom is -0.393 e. The number of halogens is 2. The van der Waals surface area contributed by atoms with Gasteiger partial charge in [-0.15, -0.1) is 12.3 Å². The Morgan fingerprint density at radius 2 is 1.82 bits per heavy atom. The van der Waals surface area contributed by atoms with Crippen LogP contribution in [0.3, 0.4) is 0 Å². The molecule has 0 atom stereocenters. The summed E-state index contributed by atoms with van der Waals surface area (Å²) in [6, 6.07) is 0.758. The number of carbonyl (C=O) groups excluding carboxylic acids is 1. The first-order valence-corrected chi connectivity index (χ1v) is 13.8. The summed E-state index contributed by atoms with van der Waals surface area (Å²) < 4.78 is 23.5. The first-order chi connectivity index (χ1) is 19.4. The van der Waals surface area contributed by atoms with Crippen molar-refractivity contribution in [1.29, 1.82) is 0 Å². The number of alkyl halides is 1. The number of anilines is 2. The summed E-state index contributed by atoms with van der Waals surface area (Å²) in [5, 5.41) is 19.1. The van der Waals surface area contributed by atoms with Crippen LogP contribution in [0.2, 0.25) is 0 Å². The molecule has 2 heterocycles. The van der Waals surface area contributed by atoms with Crippen LogP contribution in [0.15, 0.2) is 30.4 Å². The third kappa shape index (κ3) is 12.1. The van der Waals surface area contributed by atoms with Crippen molar-refractivity contribution in [3.8, 4) is 12.3 Å². The Morgan fingerprint density at radius 1 is 1.20 bits per heavy atom. The van der Waals surface area contributed by atoms with Gasteiger partial charge in [-0.3, -0.25) is 9.36 Å². The van der Waals surface area contributed by atoms with E-state index >= 15 is 0 Å². The fraction of sp³-hybridized carbons (Fsp3) is 0.586. The largest absolute Gasteiger partial charge is 0.393 e. The summed E-state index contributed by atoms with van der Waals surface area (Å²) in [5.41, 5.74) is 2.74. The topological polar surface area (TPSA) is 117 Å². The molecule has 9 nitrogen and oxygen atoms in total. The average molecular weight is 562 g/mol. The molecular weight excluding hydrogens is 516 g/mol. The third-order valence-corrected chi connectivity index (χ3v) is 6.44. The number of aliphatic hydroxyl groups excluding tert-OH is 1. The summed E-state index contributed by atoms with van der Waals surface area (Å²) in [7, 11) is 1.56. The molecule has 222 valence electrons. The molecule has 40 heavy (non-hydrogen) atoms. The highest BCUT2D eigenvalue weighted by molar-refractivity contribution is 5.75. The third-order valence-electron chi connectivity index (χ3n) is 6.44. The summed E-state index contributed by atoms with van der Waals surface area (Å²) in [6.07, 6.45) is 19.7. The first-order valence-electron chi connectivity index (χ1n) is 13.8. The fourth-order valence-electron chi connectivity index (χ4n) is 4.42. The van der Waals surface area contributed by atoms with Crippen LogP contribution >= 0.6 is 0 Å². The zero-order chi connectivity index (χ0) is 29.8. The number of hydrogen-bond acceptors (Lipinski definition) is 7. The lowest BCUT2D eigenvalue weighted by molar-refractivity contribution is -0.109. The van der Waals surface area contributed by atoms with Gasteiger partial charge in [0.15, 0.2) is 5.65 Å². The van der Waals surface area contributed by atoms with Gasteiger partial charge in [-0.05, 0) is 65.4 Å². The number of nitrogens with one attached hydrogen (secondary N) is 3. The van der Waals surface area contributed by atoms with E-state index in [1.54, 1.807) is 14.0 Å². The predicted molar refractivity (Wildman–Crippen MR) is 158 cm³/mol. The molecule has 2 aromatic heterocycles. The molecule has 4 N–H and O–H groups in total. The predicted octanol–water partition coefficient (Wildman–Crippen LogP) is 5.82.